The maximum absolute atomic E-state index is 11.3. The second-order valence-corrected chi connectivity index (χ2v) is 6.46. The van der Waals surface area contributed by atoms with E-state index in [0.717, 1.165) is 0 Å². The van der Waals surface area contributed by atoms with E-state index in [4.69, 9.17) is 10.4 Å². The number of amides is 1. The van der Waals surface area contributed by atoms with Crippen LogP contribution in [0.4, 0.5) is 0 Å². The Kier molecular flexibility index (Phi) is 4.45. The molecule has 2 rings (SSSR count). The Morgan fingerprint density at radius 3 is 2.80 bits per heavy atom. The van der Waals surface area contributed by atoms with Gasteiger partial charge >= 0.3 is 0 Å². The summed E-state index contributed by atoms with van der Waals surface area (Å²) >= 11 is 0. The van der Waals surface area contributed by atoms with Crippen LogP contribution in [-0.2, 0) is 6.54 Å². The molecule has 0 saturated heterocycles. The van der Waals surface area contributed by atoms with Crippen molar-refractivity contribution in [2.24, 2.45) is 11.3 Å². The number of hydrogen-bond donors (Lipinski definition) is 2. The molecule has 6 nitrogen and oxygen atoms in total. The average Bonchev–Trinajstić information content (AvgIpc) is 2.86. The smallest absolute Gasteiger partial charge is 0.287 e. The topological polar surface area (TPSA) is 84.4 Å². The molecule has 1 aliphatic carbocycles. The van der Waals surface area contributed by atoms with E-state index in [-0.39, 0.29) is 5.69 Å². The average molecular weight is 280 g/mol. The van der Waals surface area contributed by atoms with Gasteiger partial charge < -0.3 is 4.52 Å². The third kappa shape index (κ3) is 3.58. The van der Waals surface area contributed by atoms with E-state index in [1.807, 2.05) is 5.43 Å². The summed E-state index contributed by atoms with van der Waals surface area (Å²) in [6.45, 7) is 5.32. The fraction of sp³-hybridized carbons (Fsp3) is 0.714. The fourth-order valence-corrected chi connectivity index (χ4v) is 2.77. The van der Waals surface area contributed by atoms with Gasteiger partial charge in [0.25, 0.3) is 5.91 Å². The van der Waals surface area contributed by atoms with Crippen molar-refractivity contribution in [3.8, 4) is 0 Å². The Bertz CT molecular complexity index is 459. The summed E-state index contributed by atoms with van der Waals surface area (Å²) in [6, 6.07) is 2.21. The van der Waals surface area contributed by atoms with Gasteiger partial charge in [0.2, 0.25) is 0 Å². The first-order valence-electron chi connectivity index (χ1n) is 7.08. The quantitative estimate of drug-likeness (QED) is 0.498. The molecular formula is C14H24N4O2. The van der Waals surface area contributed by atoms with Gasteiger partial charge in [-0.1, -0.05) is 19.0 Å². The normalized spacial score (nSPS) is 19.2. The van der Waals surface area contributed by atoms with Crippen molar-refractivity contribution in [3.63, 3.8) is 0 Å². The Hall–Kier alpha value is -1.40. The molecule has 6 heteroatoms. The lowest BCUT2D eigenvalue weighted by Crippen LogP contribution is -2.36. The van der Waals surface area contributed by atoms with Crippen LogP contribution in [0.5, 0.6) is 0 Å². The van der Waals surface area contributed by atoms with E-state index in [0.29, 0.717) is 23.8 Å². The number of nitrogens with one attached hydrogen (secondary N) is 1. The van der Waals surface area contributed by atoms with Crippen LogP contribution in [0.15, 0.2) is 10.6 Å². The second kappa shape index (κ2) is 5.93. The molecule has 0 atom stereocenters. The zero-order valence-electron chi connectivity index (χ0n) is 12.5. The molecule has 112 valence electrons. The minimum Gasteiger partial charge on any atom is -0.359 e. The van der Waals surface area contributed by atoms with Gasteiger partial charge in [-0.15, -0.1) is 0 Å². The first kappa shape index (κ1) is 15.0. The van der Waals surface area contributed by atoms with Gasteiger partial charge in [0.05, 0.1) is 6.54 Å². The molecule has 0 radical (unpaired) electrons. The number of carbonyl (C=O) groups excluding carboxylic acids is 1. The number of hydrazine groups is 1. The molecule has 1 aromatic heterocycles. The highest BCUT2D eigenvalue weighted by Crippen LogP contribution is 2.36. The van der Waals surface area contributed by atoms with Gasteiger partial charge in [-0.2, -0.15) is 0 Å². The van der Waals surface area contributed by atoms with Gasteiger partial charge in [0.15, 0.2) is 11.5 Å². The molecule has 1 saturated carbocycles. The van der Waals surface area contributed by atoms with Gasteiger partial charge in [0, 0.05) is 12.1 Å². The van der Waals surface area contributed by atoms with E-state index in [2.05, 4.69) is 31.0 Å². The lowest BCUT2D eigenvalue weighted by molar-refractivity contribution is 0.0944. The number of rotatable bonds is 4. The number of carbonyl (C=O) groups is 1. The first-order valence-corrected chi connectivity index (χ1v) is 7.08. The summed E-state index contributed by atoms with van der Waals surface area (Å²) in [4.78, 5) is 13.6. The number of aromatic nitrogens is 1. The van der Waals surface area contributed by atoms with Crippen LogP contribution in [0, 0.1) is 5.41 Å². The number of nitrogens with zero attached hydrogens (tertiary/aromatic N) is 2. The molecule has 0 spiro atoms. The highest BCUT2D eigenvalue weighted by Gasteiger charge is 2.29. The lowest BCUT2D eigenvalue weighted by atomic mass is 9.75. The van der Waals surface area contributed by atoms with Crippen LogP contribution in [0.2, 0.25) is 0 Å². The van der Waals surface area contributed by atoms with Gasteiger partial charge in [-0.3, -0.25) is 15.1 Å². The predicted octanol–water partition coefficient (Wildman–Crippen LogP) is 1.68. The van der Waals surface area contributed by atoms with Crippen LogP contribution in [0.25, 0.3) is 0 Å². The molecule has 0 unspecified atom stereocenters. The third-order valence-electron chi connectivity index (χ3n) is 4.26. The molecule has 1 amide bonds. The van der Waals surface area contributed by atoms with E-state index in [9.17, 15) is 4.79 Å². The zero-order chi connectivity index (χ0) is 14.8. The molecule has 20 heavy (non-hydrogen) atoms. The minimum atomic E-state index is -0.429. The van der Waals surface area contributed by atoms with E-state index >= 15 is 0 Å². The Morgan fingerprint density at radius 1 is 1.55 bits per heavy atom. The molecule has 0 aliphatic heterocycles. The molecule has 1 aliphatic rings. The van der Waals surface area contributed by atoms with Crippen molar-refractivity contribution in [2.75, 3.05) is 7.05 Å². The zero-order valence-corrected chi connectivity index (χ0v) is 12.5. The highest BCUT2D eigenvalue weighted by atomic mass is 16.5. The summed E-state index contributed by atoms with van der Waals surface area (Å²) in [6.07, 6.45) is 4.90. The first-order chi connectivity index (χ1) is 9.41. The van der Waals surface area contributed by atoms with Crippen molar-refractivity contribution < 1.29 is 9.32 Å². The van der Waals surface area contributed by atoms with Crippen molar-refractivity contribution in [1.82, 2.24) is 15.5 Å². The molecule has 0 bridgehead atoms. The second-order valence-electron chi connectivity index (χ2n) is 6.46. The fourth-order valence-electron chi connectivity index (χ4n) is 2.77. The van der Waals surface area contributed by atoms with Crippen LogP contribution >= 0.6 is 0 Å². The number of nitrogen functional groups attached to an aromatic ring is 1. The third-order valence-corrected chi connectivity index (χ3v) is 4.26. The van der Waals surface area contributed by atoms with Crippen LogP contribution in [0.3, 0.4) is 0 Å². The summed E-state index contributed by atoms with van der Waals surface area (Å²) in [7, 11) is 2.09. The van der Waals surface area contributed by atoms with E-state index in [1.165, 1.54) is 25.7 Å². The summed E-state index contributed by atoms with van der Waals surface area (Å²) in [5, 5.41) is 3.71. The molecule has 1 aromatic rings. The predicted molar refractivity (Wildman–Crippen MR) is 75.7 cm³/mol. The van der Waals surface area contributed by atoms with E-state index in [1.54, 1.807) is 6.07 Å². The highest BCUT2D eigenvalue weighted by molar-refractivity contribution is 5.91. The Balaban J connectivity index is 1.90. The maximum Gasteiger partial charge on any atom is 0.287 e. The molecule has 3 N–H and O–H groups in total. The summed E-state index contributed by atoms with van der Waals surface area (Å²) < 4.78 is 5.18. The van der Waals surface area contributed by atoms with Crippen LogP contribution in [0.1, 0.15) is 55.8 Å². The molecular weight excluding hydrogens is 256 g/mol. The SMILES string of the molecule is CN(Cc1cc(C(=O)NN)no1)C1CCC(C)(C)CC1. The number of hydrogen-bond acceptors (Lipinski definition) is 5. The molecule has 1 heterocycles. The molecule has 1 fully saturated rings. The summed E-state index contributed by atoms with van der Waals surface area (Å²) in [5.74, 6) is 5.33. The molecule has 0 aromatic carbocycles. The van der Waals surface area contributed by atoms with Crippen LogP contribution < -0.4 is 11.3 Å². The van der Waals surface area contributed by atoms with Gasteiger partial charge in [-0.05, 0) is 38.1 Å². The Morgan fingerprint density at radius 2 is 2.20 bits per heavy atom. The van der Waals surface area contributed by atoms with Crippen molar-refractivity contribution in [2.45, 2.75) is 52.1 Å². The monoisotopic (exact) mass is 280 g/mol. The van der Waals surface area contributed by atoms with Gasteiger partial charge in [-0.25, -0.2) is 5.84 Å². The Labute approximate surface area is 119 Å². The van der Waals surface area contributed by atoms with Crippen molar-refractivity contribution in [1.29, 1.82) is 0 Å². The van der Waals surface area contributed by atoms with E-state index < -0.39 is 5.91 Å². The number of nitrogens with two attached hydrogens (primary N) is 1. The van der Waals surface area contributed by atoms with Crippen molar-refractivity contribution >= 4 is 5.91 Å². The lowest BCUT2D eigenvalue weighted by Gasteiger charge is -2.38. The summed E-state index contributed by atoms with van der Waals surface area (Å²) in [5.41, 5.74) is 2.74. The van der Waals surface area contributed by atoms with Crippen molar-refractivity contribution in [3.05, 3.63) is 17.5 Å². The maximum atomic E-state index is 11.3. The minimum absolute atomic E-state index is 0.223. The standard InChI is InChI=1S/C14H24N4O2/c1-14(2)6-4-10(5-7-14)18(3)9-11-8-12(17-20-11)13(19)16-15/h8,10H,4-7,9,15H2,1-3H3,(H,16,19). The van der Waals surface area contributed by atoms with Gasteiger partial charge in [0.1, 0.15) is 0 Å². The largest absolute Gasteiger partial charge is 0.359 e. The van der Waals surface area contributed by atoms with Crippen LogP contribution in [-0.4, -0.2) is 29.1 Å².